The second kappa shape index (κ2) is 5.26. The largest absolute Gasteiger partial charge is 0.387 e. The summed E-state index contributed by atoms with van der Waals surface area (Å²) in [6.07, 6.45) is 2.92. The minimum Gasteiger partial charge on any atom is -0.387 e. The summed E-state index contributed by atoms with van der Waals surface area (Å²) in [5.74, 6) is 0. The van der Waals surface area contributed by atoms with Crippen molar-refractivity contribution in [2.24, 2.45) is 0 Å². The molecule has 1 aromatic carbocycles. The predicted molar refractivity (Wildman–Crippen MR) is 70.9 cm³/mol. The maximum atomic E-state index is 11.0. The lowest BCUT2D eigenvalue weighted by Gasteiger charge is -2.12. The van der Waals surface area contributed by atoms with Gasteiger partial charge in [0.05, 0.1) is 12.4 Å². The van der Waals surface area contributed by atoms with Crippen molar-refractivity contribution >= 4 is 15.7 Å². The number of hydrogen-bond acceptors (Lipinski definition) is 4. The molecule has 1 saturated carbocycles. The fraction of sp³-hybridized carbons (Fsp3) is 0.500. The third-order valence-corrected chi connectivity index (χ3v) is 3.38. The highest BCUT2D eigenvalue weighted by molar-refractivity contribution is 7.92. The Bertz CT molecular complexity index is 495. The molecule has 1 fully saturated rings. The summed E-state index contributed by atoms with van der Waals surface area (Å²) in [5.41, 5.74) is 1.28. The molecule has 0 aromatic heterocycles. The van der Waals surface area contributed by atoms with E-state index in [2.05, 4.69) is 10.0 Å². The highest BCUT2D eigenvalue weighted by Crippen LogP contribution is 2.21. The van der Waals surface area contributed by atoms with E-state index in [1.54, 1.807) is 24.3 Å². The summed E-state index contributed by atoms with van der Waals surface area (Å²) in [6, 6.07) is 7.32. The second-order valence-corrected chi connectivity index (χ2v) is 6.44. The van der Waals surface area contributed by atoms with E-state index in [1.165, 1.54) is 12.8 Å². The van der Waals surface area contributed by atoms with Gasteiger partial charge in [-0.3, -0.25) is 4.72 Å². The van der Waals surface area contributed by atoms with E-state index in [1.807, 2.05) is 0 Å². The summed E-state index contributed by atoms with van der Waals surface area (Å²) in [6.45, 7) is 0.531. The molecule has 3 N–H and O–H groups in total. The van der Waals surface area contributed by atoms with Gasteiger partial charge in [0.2, 0.25) is 10.0 Å². The number of nitrogens with one attached hydrogen (secondary N) is 2. The van der Waals surface area contributed by atoms with Crippen molar-refractivity contribution in [1.29, 1.82) is 0 Å². The van der Waals surface area contributed by atoms with Gasteiger partial charge in [0.25, 0.3) is 0 Å². The van der Waals surface area contributed by atoms with Crippen LogP contribution in [0.25, 0.3) is 0 Å². The van der Waals surface area contributed by atoms with Crippen LogP contribution < -0.4 is 10.0 Å². The minimum atomic E-state index is -3.25. The van der Waals surface area contributed by atoms with Crippen LogP contribution in [-0.4, -0.2) is 32.4 Å². The van der Waals surface area contributed by atoms with Crippen LogP contribution in [0.1, 0.15) is 24.5 Å². The van der Waals surface area contributed by atoms with Gasteiger partial charge in [-0.2, -0.15) is 0 Å². The van der Waals surface area contributed by atoms with Crippen LogP contribution in [0, 0.1) is 0 Å². The van der Waals surface area contributed by atoms with E-state index in [0.717, 1.165) is 11.8 Å². The smallest absolute Gasteiger partial charge is 0.229 e. The first-order valence-corrected chi connectivity index (χ1v) is 7.82. The van der Waals surface area contributed by atoms with E-state index in [-0.39, 0.29) is 0 Å². The summed E-state index contributed by atoms with van der Waals surface area (Å²) < 4.78 is 24.4. The number of anilines is 1. The number of aliphatic hydroxyl groups excluding tert-OH is 1. The van der Waals surface area contributed by atoms with Gasteiger partial charge in [0.1, 0.15) is 0 Å². The maximum absolute atomic E-state index is 11.0. The van der Waals surface area contributed by atoms with Crippen molar-refractivity contribution in [3.63, 3.8) is 0 Å². The van der Waals surface area contributed by atoms with Crippen LogP contribution in [0.4, 0.5) is 5.69 Å². The van der Waals surface area contributed by atoms with Crippen LogP contribution in [0.3, 0.4) is 0 Å². The first-order chi connectivity index (χ1) is 8.44. The molecule has 0 radical (unpaired) electrons. The first kappa shape index (κ1) is 13.3. The molecule has 0 amide bonds. The molecule has 18 heavy (non-hydrogen) atoms. The van der Waals surface area contributed by atoms with E-state index < -0.39 is 16.1 Å². The molecule has 0 heterocycles. The SMILES string of the molecule is CS(=O)(=O)Nc1ccc(C(O)CNC2CC2)cc1. The van der Waals surface area contributed by atoms with Gasteiger partial charge in [-0.15, -0.1) is 0 Å². The highest BCUT2D eigenvalue weighted by Gasteiger charge is 2.21. The minimum absolute atomic E-state index is 0.503. The summed E-state index contributed by atoms with van der Waals surface area (Å²) >= 11 is 0. The maximum Gasteiger partial charge on any atom is 0.229 e. The molecule has 100 valence electrons. The van der Waals surface area contributed by atoms with Crippen molar-refractivity contribution in [2.45, 2.75) is 25.0 Å². The molecule has 2 rings (SSSR count). The monoisotopic (exact) mass is 270 g/mol. The standard InChI is InChI=1S/C12H18N2O3S/c1-18(16,17)14-11-4-2-9(3-5-11)12(15)8-13-10-6-7-10/h2-5,10,12-15H,6-8H2,1H3. The van der Waals surface area contributed by atoms with Crippen LogP contribution in [0.5, 0.6) is 0 Å². The third kappa shape index (κ3) is 4.29. The molecular formula is C12H18N2O3S. The normalized spacial score (nSPS) is 17.4. The zero-order chi connectivity index (χ0) is 13.2. The Morgan fingerprint density at radius 2 is 1.94 bits per heavy atom. The molecule has 0 bridgehead atoms. The Morgan fingerprint density at radius 1 is 1.33 bits per heavy atom. The molecular weight excluding hydrogens is 252 g/mol. The molecule has 0 saturated heterocycles. The summed E-state index contributed by atoms with van der Waals surface area (Å²) in [4.78, 5) is 0. The summed E-state index contributed by atoms with van der Waals surface area (Å²) in [7, 11) is -3.25. The van der Waals surface area contributed by atoms with Crippen LogP contribution in [0.15, 0.2) is 24.3 Å². The molecule has 1 unspecified atom stereocenters. The Morgan fingerprint density at radius 3 is 2.44 bits per heavy atom. The Balaban J connectivity index is 1.93. The second-order valence-electron chi connectivity index (χ2n) is 4.69. The molecule has 5 nitrogen and oxygen atoms in total. The zero-order valence-corrected chi connectivity index (χ0v) is 11.1. The molecule has 6 heteroatoms. The highest BCUT2D eigenvalue weighted by atomic mass is 32.2. The number of sulfonamides is 1. The van der Waals surface area contributed by atoms with Crippen molar-refractivity contribution in [2.75, 3.05) is 17.5 Å². The van der Waals surface area contributed by atoms with Gasteiger partial charge < -0.3 is 10.4 Å². The lowest BCUT2D eigenvalue weighted by Crippen LogP contribution is -2.23. The molecule has 1 aliphatic carbocycles. The molecule has 0 aliphatic heterocycles. The van der Waals surface area contributed by atoms with Crippen LogP contribution in [0.2, 0.25) is 0 Å². The van der Waals surface area contributed by atoms with Gasteiger partial charge >= 0.3 is 0 Å². The molecule has 1 aliphatic rings. The van der Waals surface area contributed by atoms with Gasteiger partial charge in [0, 0.05) is 18.3 Å². The zero-order valence-electron chi connectivity index (χ0n) is 10.3. The Kier molecular flexibility index (Phi) is 3.89. The Hall–Kier alpha value is -1.11. The fourth-order valence-electron chi connectivity index (χ4n) is 1.67. The topological polar surface area (TPSA) is 78.4 Å². The molecule has 1 aromatic rings. The fourth-order valence-corrected chi connectivity index (χ4v) is 2.24. The third-order valence-electron chi connectivity index (χ3n) is 2.78. The van der Waals surface area contributed by atoms with Gasteiger partial charge in [-0.1, -0.05) is 12.1 Å². The average molecular weight is 270 g/mol. The predicted octanol–water partition coefficient (Wildman–Crippen LogP) is 0.843. The van der Waals surface area contributed by atoms with Crippen molar-refractivity contribution < 1.29 is 13.5 Å². The lowest BCUT2D eigenvalue weighted by atomic mass is 10.1. The van der Waals surface area contributed by atoms with Gasteiger partial charge in [-0.25, -0.2) is 8.42 Å². The van der Waals surface area contributed by atoms with Crippen LogP contribution >= 0.6 is 0 Å². The van der Waals surface area contributed by atoms with E-state index in [9.17, 15) is 13.5 Å². The number of benzene rings is 1. The Labute approximate surface area is 107 Å². The number of aliphatic hydroxyl groups is 1. The first-order valence-electron chi connectivity index (χ1n) is 5.93. The van der Waals surface area contributed by atoms with Gasteiger partial charge in [-0.05, 0) is 30.5 Å². The quantitative estimate of drug-likeness (QED) is 0.716. The lowest BCUT2D eigenvalue weighted by molar-refractivity contribution is 0.174. The van der Waals surface area contributed by atoms with E-state index >= 15 is 0 Å². The average Bonchev–Trinajstić information content (AvgIpc) is 3.08. The number of rotatable bonds is 6. The van der Waals surface area contributed by atoms with Crippen molar-refractivity contribution in [3.05, 3.63) is 29.8 Å². The molecule has 0 spiro atoms. The van der Waals surface area contributed by atoms with Crippen LogP contribution in [-0.2, 0) is 10.0 Å². The van der Waals surface area contributed by atoms with Crippen molar-refractivity contribution in [1.82, 2.24) is 5.32 Å². The number of hydrogen-bond donors (Lipinski definition) is 3. The van der Waals surface area contributed by atoms with E-state index in [4.69, 9.17) is 0 Å². The summed E-state index contributed by atoms with van der Waals surface area (Å²) in [5, 5.41) is 13.2. The molecule has 1 atom stereocenters. The van der Waals surface area contributed by atoms with Gasteiger partial charge in [0.15, 0.2) is 0 Å². The van der Waals surface area contributed by atoms with Crippen molar-refractivity contribution in [3.8, 4) is 0 Å². The van der Waals surface area contributed by atoms with E-state index in [0.29, 0.717) is 18.3 Å².